The summed E-state index contributed by atoms with van der Waals surface area (Å²) in [6.07, 6.45) is 0. The molecule has 2 N–H and O–H groups in total. The number of halogens is 2. The summed E-state index contributed by atoms with van der Waals surface area (Å²) in [5.41, 5.74) is -0.641. The maximum Gasteiger partial charge on any atom is 0.159 e. The molecule has 0 unspecified atom stereocenters. The van der Waals surface area contributed by atoms with Crippen molar-refractivity contribution in [2.24, 2.45) is 11.8 Å². The second-order valence-electron chi connectivity index (χ2n) is 4.91. The Labute approximate surface area is 99.7 Å². The zero-order valence-corrected chi connectivity index (χ0v) is 10.0. The molecule has 0 aliphatic carbocycles. The van der Waals surface area contributed by atoms with Gasteiger partial charge in [0.15, 0.2) is 11.6 Å². The third-order valence-corrected chi connectivity index (χ3v) is 3.79. The highest BCUT2D eigenvalue weighted by Crippen LogP contribution is 2.39. The molecule has 1 fully saturated rings. The van der Waals surface area contributed by atoms with Gasteiger partial charge < -0.3 is 10.4 Å². The van der Waals surface area contributed by atoms with Crippen LogP contribution >= 0.6 is 0 Å². The molecule has 4 heteroatoms. The molecule has 1 heterocycles. The van der Waals surface area contributed by atoms with E-state index in [0.717, 1.165) is 12.1 Å². The second-order valence-corrected chi connectivity index (χ2v) is 4.91. The molecule has 17 heavy (non-hydrogen) atoms. The van der Waals surface area contributed by atoms with Crippen molar-refractivity contribution >= 4 is 0 Å². The van der Waals surface area contributed by atoms with Crippen LogP contribution in [-0.4, -0.2) is 18.2 Å². The first-order valence-corrected chi connectivity index (χ1v) is 5.85. The van der Waals surface area contributed by atoms with Crippen LogP contribution in [0.2, 0.25) is 0 Å². The monoisotopic (exact) mass is 241 g/mol. The lowest BCUT2D eigenvalue weighted by molar-refractivity contribution is -0.0809. The quantitative estimate of drug-likeness (QED) is 0.788. The van der Waals surface area contributed by atoms with Crippen LogP contribution in [-0.2, 0) is 5.60 Å². The van der Waals surface area contributed by atoms with Crippen LogP contribution in [0.25, 0.3) is 0 Å². The predicted octanol–water partition coefficient (Wildman–Crippen LogP) is 2.03. The minimum absolute atomic E-state index is 0.0453. The van der Waals surface area contributed by atoms with Crippen LogP contribution in [0, 0.1) is 23.5 Å². The maximum absolute atomic E-state index is 13.3. The van der Waals surface area contributed by atoms with E-state index in [1.165, 1.54) is 6.07 Å². The molecule has 1 aromatic rings. The number of hydrogen-bond donors (Lipinski definition) is 2. The minimum atomic E-state index is -1.10. The lowest BCUT2D eigenvalue weighted by atomic mass is 9.71. The normalized spacial score (nSPS) is 33.7. The van der Waals surface area contributed by atoms with Gasteiger partial charge in [-0.3, -0.25) is 0 Å². The molecule has 1 aliphatic heterocycles. The molecule has 0 radical (unpaired) electrons. The van der Waals surface area contributed by atoms with Gasteiger partial charge in [-0.15, -0.1) is 0 Å². The highest BCUT2D eigenvalue weighted by Gasteiger charge is 2.43. The molecular formula is C13H17F2NO. The highest BCUT2D eigenvalue weighted by molar-refractivity contribution is 5.26. The summed E-state index contributed by atoms with van der Waals surface area (Å²) in [7, 11) is 0. The van der Waals surface area contributed by atoms with Crippen molar-refractivity contribution in [1.29, 1.82) is 0 Å². The molecule has 2 nitrogen and oxygen atoms in total. The average molecular weight is 241 g/mol. The van der Waals surface area contributed by atoms with Gasteiger partial charge in [0.2, 0.25) is 0 Å². The third kappa shape index (κ3) is 1.96. The van der Waals surface area contributed by atoms with Crippen molar-refractivity contribution in [2.45, 2.75) is 19.4 Å². The largest absolute Gasteiger partial charge is 0.385 e. The number of aliphatic hydroxyl groups is 1. The molecule has 3 atom stereocenters. The predicted molar refractivity (Wildman–Crippen MR) is 61.5 cm³/mol. The highest BCUT2D eigenvalue weighted by atomic mass is 19.2. The van der Waals surface area contributed by atoms with Crippen molar-refractivity contribution in [1.82, 2.24) is 5.32 Å². The summed E-state index contributed by atoms with van der Waals surface area (Å²) >= 11 is 0. The van der Waals surface area contributed by atoms with Crippen molar-refractivity contribution in [3.05, 3.63) is 35.4 Å². The van der Waals surface area contributed by atoms with Gasteiger partial charge in [-0.25, -0.2) is 8.78 Å². The van der Waals surface area contributed by atoms with Crippen LogP contribution in [0.3, 0.4) is 0 Å². The Hall–Kier alpha value is -1.00. The first-order chi connectivity index (χ1) is 7.96. The van der Waals surface area contributed by atoms with E-state index in [1.54, 1.807) is 0 Å². The van der Waals surface area contributed by atoms with Gasteiger partial charge in [0.1, 0.15) is 0 Å². The molecule has 0 bridgehead atoms. The SMILES string of the molecule is C[C@@H]1CNC[C@H](C)[C@]1(O)c1ccc(F)c(F)c1. The summed E-state index contributed by atoms with van der Waals surface area (Å²) in [5.74, 6) is -1.88. The second kappa shape index (κ2) is 4.35. The van der Waals surface area contributed by atoms with Gasteiger partial charge in [0.25, 0.3) is 0 Å². The smallest absolute Gasteiger partial charge is 0.159 e. The van der Waals surface area contributed by atoms with Gasteiger partial charge in [-0.2, -0.15) is 0 Å². The molecule has 1 saturated heterocycles. The van der Waals surface area contributed by atoms with E-state index in [4.69, 9.17) is 0 Å². The number of piperidine rings is 1. The Kier molecular flexibility index (Phi) is 3.19. The van der Waals surface area contributed by atoms with Crippen molar-refractivity contribution < 1.29 is 13.9 Å². The number of rotatable bonds is 1. The summed E-state index contributed by atoms with van der Waals surface area (Å²) < 4.78 is 26.2. The molecule has 0 aromatic heterocycles. The van der Waals surface area contributed by atoms with Gasteiger partial charge >= 0.3 is 0 Å². The zero-order valence-electron chi connectivity index (χ0n) is 10.0. The van der Waals surface area contributed by atoms with Crippen molar-refractivity contribution in [3.8, 4) is 0 Å². The van der Waals surface area contributed by atoms with E-state index in [-0.39, 0.29) is 11.8 Å². The van der Waals surface area contributed by atoms with Gasteiger partial charge in [0, 0.05) is 24.9 Å². The van der Waals surface area contributed by atoms with Gasteiger partial charge in [0.05, 0.1) is 5.60 Å². The Bertz CT molecular complexity index is 412. The molecular weight excluding hydrogens is 224 g/mol. The maximum atomic E-state index is 13.3. The Balaban J connectivity index is 2.44. The van der Waals surface area contributed by atoms with Crippen LogP contribution in [0.1, 0.15) is 19.4 Å². The fourth-order valence-electron chi connectivity index (χ4n) is 2.63. The van der Waals surface area contributed by atoms with E-state index in [0.29, 0.717) is 18.7 Å². The van der Waals surface area contributed by atoms with Crippen LogP contribution < -0.4 is 5.32 Å². The number of hydrogen-bond acceptors (Lipinski definition) is 2. The molecule has 1 aliphatic rings. The van der Waals surface area contributed by atoms with E-state index < -0.39 is 17.2 Å². The van der Waals surface area contributed by atoms with Crippen LogP contribution in [0.15, 0.2) is 18.2 Å². The summed E-state index contributed by atoms with van der Waals surface area (Å²) in [6, 6.07) is 3.65. The Morgan fingerprint density at radius 1 is 1.18 bits per heavy atom. The Morgan fingerprint density at radius 2 is 1.76 bits per heavy atom. The van der Waals surface area contributed by atoms with E-state index in [2.05, 4.69) is 5.32 Å². The van der Waals surface area contributed by atoms with Gasteiger partial charge in [-0.05, 0) is 17.7 Å². The standard InChI is InChI=1S/C13H17F2NO/c1-8-6-16-7-9(2)13(8,17)10-3-4-11(14)12(15)5-10/h3-5,8-9,16-17H,6-7H2,1-2H3/t8-,9+,13+. The lowest BCUT2D eigenvalue weighted by Crippen LogP contribution is -2.52. The third-order valence-electron chi connectivity index (χ3n) is 3.79. The minimum Gasteiger partial charge on any atom is -0.385 e. The lowest BCUT2D eigenvalue weighted by Gasteiger charge is -2.44. The number of nitrogens with one attached hydrogen (secondary N) is 1. The van der Waals surface area contributed by atoms with Crippen LogP contribution in [0.4, 0.5) is 8.78 Å². The first-order valence-electron chi connectivity index (χ1n) is 5.85. The van der Waals surface area contributed by atoms with Gasteiger partial charge in [-0.1, -0.05) is 19.9 Å². The molecule has 2 rings (SSSR count). The number of benzene rings is 1. The molecule has 1 aromatic carbocycles. The summed E-state index contributed by atoms with van der Waals surface area (Å²) in [6.45, 7) is 5.15. The van der Waals surface area contributed by atoms with E-state index in [1.807, 2.05) is 13.8 Å². The molecule has 0 spiro atoms. The fraction of sp³-hybridized carbons (Fsp3) is 0.538. The topological polar surface area (TPSA) is 32.3 Å². The van der Waals surface area contributed by atoms with E-state index >= 15 is 0 Å². The average Bonchev–Trinajstić information content (AvgIpc) is 2.29. The van der Waals surface area contributed by atoms with Crippen molar-refractivity contribution in [2.75, 3.05) is 13.1 Å². The zero-order chi connectivity index (χ0) is 12.6. The van der Waals surface area contributed by atoms with Crippen LogP contribution in [0.5, 0.6) is 0 Å². The summed E-state index contributed by atoms with van der Waals surface area (Å²) in [4.78, 5) is 0. The summed E-state index contributed by atoms with van der Waals surface area (Å²) in [5, 5.41) is 14.0. The molecule has 0 saturated carbocycles. The van der Waals surface area contributed by atoms with Crippen molar-refractivity contribution in [3.63, 3.8) is 0 Å². The first kappa shape index (κ1) is 12.5. The Morgan fingerprint density at radius 3 is 2.29 bits per heavy atom. The van der Waals surface area contributed by atoms with E-state index in [9.17, 15) is 13.9 Å². The fourth-order valence-corrected chi connectivity index (χ4v) is 2.63. The molecule has 0 amide bonds. The molecule has 94 valence electrons.